The summed E-state index contributed by atoms with van der Waals surface area (Å²) in [6.07, 6.45) is 0.856. The number of hydrogen-bond donors (Lipinski definition) is 6. The van der Waals surface area contributed by atoms with Gasteiger partial charge < -0.3 is 31.9 Å². The maximum Gasteiger partial charge on any atom is 0.320 e. The van der Waals surface area contributed by atoms with Gasteiger partial charge >= 0.3 is 5.97 Å². The summed E-state index contributed by atoms with van der Waals surface area (Å²) in [6, 6.07) is 6.24. The smallest absolute Gasteiger partial charge is 0.320 e. The van der Waals surface area contributed by atoms with Crippen LogP contribution in [0.2, 0.25) is 0 Å². The van der Waals surface area contributed by atoms with Crippen LogP contribution >= 0.6 is 0 Å². The summed E-state index contributed by atoms with van der Waals surface area (Å²) in [5.41, 5.74) is 6.33. The van der Waals surface area contributed by atoms with Crippen molar-refractivity contribution in [3.8, 4) is 11.5 Å². The predicted molar refractivity (Wildman–Crippen MR) is 101 cm³/mol. The van der Waals surface area contributed by atoms with Crippen molar-refractivity contribution in [3.63, 3.8) is 0 Å². The third-order valence-corrected chi connectivity index (χ3v) is 4.39. The van der Waals surface area contributed by atoms with Gasteiger partial charge in [-0.2, -0.15) is 0 Å². The van der Waals surface area contributed by atoms with E-state index in [1.165, 1.54) is 0 Å². The molecule has 0 aromatic heterocycles. The van der Waals surface area contributed by atoms with Crippen molar-refractivity contribution in [2.75, 3.05) is 0 Å². The Morgan fingerprint density at radius 2 is 1.38 bits per heavy atom. The quantitative estimate of drug-likeness (QED) is 0.457. The molecule has 0 radical (unpaired) electrons. The third kappa shape index (κ3) is 3.52. The van der Waals surface area contributed by atoms with Crippen molar-refractivity contribution in [1.82, 2.24) is 0 Å². The van der Waals surface area contributed by atoms with E-state index in [2.05, 4.69) is 0 Å². The molecule has 2 aromatic rings. The van der Waals surface area contributed by atoms with Gasteiger partial charge in [0.25, 0.3) is 0 Å². The molecule has 0 bridgehead atoms. The Morgan fingerprint density at radius 3 is 1.65 bits per heavy atom. The van der Waals surface area contributed by atoms with Crippen LogP contribution in [0.3, 0.4) is 0 Å². The van der Waals surface area contributed by atoms with Gasteiger partial charge in [0.05, 0.1) is 11.1 Å². The highest BCUT2D eigenvalue weighted by Crippen LogP contribution is 2.42. The van der Waals surface area contributed by atoms with Crippen LogP contribution in [0.15, 0.2) is 24.3 Å². The van der Waals surface area contributed by atoms with Crippen LogP contribution in [-0.2, 0) is 4.79 Å². The molecule has 0 heterocycles. The number of aromatic hydroxyl groups is 2. The first kappa shape index (κ1) is 19.4. The van der Waals surface area contributed by atoms with Gasteiger partial charge in [-0.25, -0.2) is 0 Å². The van der Waals surface area contributed by atoms with Gasteiger partial charge in [-0.1, -0.05) is 38.1 Å². The van der Waals surface area contributed by atoms with Gasteiger partial charge in [0.15, 0.2) is 0 Å². The van der Waals surface area contributed by atoms with E-state index < -0.39 is 12.0 Å². The van der Waals surface area contributed by atoms with E-state index in [4.69, 9.17) is 21.7 Å². The molecule has 1 atom stereocenters. The Morgan fingerprint density at radius 1 is 1.00 bits per heavy atom. The zero-order chi connectivity index (χ0) is 19.6. The van der Waals surface area contributed by atoms with Crippen LogP contribution in [0.25, 0.3) is 10.8 Å². The van der Waals surface area contributed by atoms with Gasteiger partial charge in [-0.15, -0.1) is 0 Å². The second-order valence-corrected chi connectivity index (χ2v) is 6.56. The lowest BCUT2D eigenvalue weighted by Crippen LogP contribution is -2.34. The molecule has 0 saturated heterocycles. The molecule has 0 saturated carbocycles. The van der Waals surface area contributed by atoms with Crippen LogP contribution < -0.4 is 5.73 Å². The van der Waals surface area contributed by atoms with Crippen molar-refractivity contribution in [2.24, 2.45) is 11.7 Å². The number of carbonyl (C=O) groups is 1. The van der Waals surface area contributed by atoms with Crippen LogP contribution in [0, 0.1) is 16.7 Å². The summed E-state index contributed by atoms with van der Waals surface area (Å²) in [5.74, 6) is -0.923. The highest BCUT2D eigenvalue weighted by molar-refractivity contribution is 6.22. The fourth-order valence-corrected chi connectivity index (χ4v) is 2.78. The number of rotatable bonds is 2. The summed E-state index contributed by atoms with van der Waals surface area (Å²) in [7, 11) is 0. The number of carboxylic acid groups (broad SMARTS) is 1. The number of fused-ring (bicyclic) bond motifs is 2. The highest BCUT2D eigenvalue weighted by Gasteiger charge is 2.27. The predicted octanol–water partition coefficient (Wildman–Crippen LogP) is 2.83. The monoisotopic (exact) mass is 357 g/mol. The van der Waals surface area contributed by atoms with Crippen molar-refractivity contribution >= 4 is 28.2 Å². The summed E-state index contributed by atoms with van der Waals surface area (Å²) >= 11 is 0. The van der Waals surface area contributed by atoms with Crippen LogP contribution in [0.5, 0.6) is 11.5 Å². The standard InChI is InChI=1S/C14H12N2O2.C5H11NO2/c15-9-5-6-10(16)12-11(9)13(17)7-3-1-2-4-8(7)14(12)18;1-3(2)4(6)5(7)8/h1-4,15-18H,5-6H2;3-4H,6H2,1-2H3,(H,7,8)/t;4-/m.0/s1. The normalized spacial score (nSPS) is 14.6. The summed E-state index contributed by atoms with van der Waals surface area (Å²) < 4.78 is 0. The van der Waals surface area contributed by atoms with Crippen molar-refractivity contribution in [1.29, 1.82) is 10.8 Å². The molecule has 0 spiro atoms. The molecule has 0 unspecified atom stereocenters. The Kier molecular flexibility index (Phi) is 5.62. The molecule has 0 aliphatic heterocycles. The number of phenolic OH excluding ortho intramolecular Hbond substituents is 2. The average molecular weight is 357 g/mol. The van der Waals surface area contributed by atoms with Crippen LogP contribution in [0.1, 0.15) is 37.8 Å². The number of nitrogens with two attached hydrogens (primary N) is 1. The first-order valence-electron chi connectivity index (χ1n) is 8.27. The lowest BCUT2D eigenvalue weighted by atomic mass is 9.85. The molecule has 0 amide bonds. The molecule has 138 valence electrons. The zero-order valence-electron chi connectivity index (χ0n) is 14.7. The second-order valence-electron chi connectivity index (χ2n) is 6.56. The minimum Gasteiger partial charge on any atom is -0.507 e. The Hall–Kier alpha value is -2.93. The van der Waals surface area contributed by atoms with Crippen molar-refractivity contribution in [2.45, 2.75) is 32.7 Å². The second kappa shape index (κ2) is 7.53. The highest BCUT2D eigenvalue weighted by atomic mass is 16.4. The summed E-state index contributed by atoms with van der Waals surface area (Å²) in [5, 5.41) is 45.6. The van der Waals surface area contributed by atoms with Gasteiger partial charge in [0, 0.05) is 22.2 Å². The van der Waals surface area contributed by atoms with E-state index >= 15 is 0 Å². The number of aliphatic carboxylic acids is 1. The topological polar surface area (TPSA) is 151 Å². The molecular formula is C19H23N3O4. The molecule has 0 fully saturated rings. The fraction of sp³-hybridized carbons (Fsp3) is 0.316. The van der Waals surface area contributed by atoms with E-state index in [0.29, 0.717) is 34.7 Å². The molecular weight excluding hydrogens is 334 g/mol. The number of carboxylic acids is 1. The molecule has 7 heteroatoms. The first-order chi connectivity index (χ1) is 12.2. The molecule has 7 N–H and O–H groups in total. The Labute approximate surface area is 151 Å². The molecule has 3 rings (SSSR count). The summed E-state index contributed by atoms with van der Waals surface area (Å²) in [4.78, 5) is 10.0. The van der Waals surface area contributed by atoms with Crippen LogP contribution in [0.4, 0.5) is 0 Å². The van der Waals surface area contributed by atoms with Gasteiger partial charge in [0.2, 0.25) is 0 Å². The van der Waals surface area contributed by atoms with Crippen molar-refractivity contribution in [3.05, 3.63) is 35.4 Å². The van der Waals surface area contributed by atoms with E-state index in [1.54, 1.807) is 38.1 Å². The SMILES string of the molecule is CC(C)[C@H](N)C(=O)O.N=C1CCC(=N)c2c1c(O)c1ccccc1c2O. The van der Waals surface area contributed by atoms with Gasteiger partial charge in [0.1, 0.15) is 17.5 Å². The van der Waals surface area contributed by atoms with E-state index in [0.717, 1.165) is 0 Å². The van der Waals surface area contributed by atoms with E-state index in [-0.39, 0.29) is 28.8 Å². The molecule has 26 heavy (non-hydrogen) atoms. The lowest BCUT2D eigenvalue weighted by Gasteiger charge is -2.21. The van der Waals surface area contributed by atoms with Gasteiger partial charge in [-0.05, 0) is 18.8 Å². The molecule has 2 aromatic carbocycles. The molecule has 1 aliphatic carbocycles. The number of hydrogen-bond acceptors (Lipinski definition) is 6. The number of phenols is 2. The minimum absolute atomic E-state index is 0.00662. The maximum atomic E-state index is 10.3. The maximum absolute atomic E-state index is 10.3. The Bertz CT molecular complexity index is 829. The van der Waals surface area contributed by atoms with E-state index in [9.17, 15) is 15.0 Å². The Balaban J connectivity index is 0.000000260. The average Bonchev–Trinajstić information content (AvgIpc) is 2.61. The largest absolute Gasteiger partial charge is 0.507 e. The van der Waals surface area contributed by atoms with Gasteiger partial charge in [-0.3, -0.25) is 4.79 Å². The lowest BCUT2D eigenvalue weighted by molar-refractivity contribution is -0.139. The third-order valence-electron chi connectivity index (χ3n) is 4.39. The molecule has 1 aliphatic rings. The summed E-state index contributed by atoms with van der Waals surface area (Å²) in [6.45, 7) is 3.55. The number of benzene rings is 2. The van der Waals surface area contributed by atoms with Crippen molar-refractivity contribution < 1.29 is 20.1 Å². The zero-order valence-corrected chi connectivity index (χ0v) is 14.7. The minimum atomic E-state index is -0.931. The van der Waals surface area contributed by atoms with Crippen LogP contribution in [-0.4, -0.2) is 38.8 Å². The number of nitrogens with one attached hydrogen (secondary N) is 2. The molecule has 7 nitrogen and oxygen atoms in total. The first-order valence-corrected chi connectivity index (χ1v) is 8.27. The fourth-order valence-electron chi connectivity index (χ4n) is 2.78. The van der Waals surface area contributed by atoms with E-state index in [1.807, 2.05) is 0 Å².